The molecule has 1 N–H and O–H groups in total. The summed E-state index contributed by atoms with van der Waals surface area (Å²) in [7, 11) is 0. The third-order valence-electron chi connectivity index (χ3n) is 4.38. The van der Waals surface area contributed by atoms with Gasteiger partial charge in [-0.15, -0.1) is 11.8 Å². The minimum Gasteiger partial charge on any atom is -0.318 e. The molecule has 2 aromatic carbocycles. The van der Waals surface area contributed by atoms with Gasteiger partial charge in [-0.3, -0.25) is 4.79 Å². The first-order valence-corrected chi connectivity index (χ1v) is 10.9. The van der Waals surface area contributed by atoms with Crippen LogP contribution in [-0.2, 0) is 10.5 Å². The van der Waals surface area contributed by atoms with Crippen molar-refractivity contribution in [1.82, 2.24) is 9.99 Å². The minimum absolute atomic E-state index is 0.151. The number of carbonyl (C=O) groups is 1. The molecule has 0 saturated heterocycles. The number of nitrogens with one attached hydrogen (secondary N) is 1. The molecule has 0 bridgehead atoms. The van der Waals surface area contributed by atoms with E-state index in [0.717, 1.165) is 28.2 Å². The van der Waals surface area contributed by atoms with E-state index < -0.39 is 0 Å². The van der Waals surface area contributed by atoms with Crippen molar-refractivity contribution < 1.29 is 4.79 Å². The predicted molar refractivity (Wildman–Crippen MR) is 124 cm³/mol. The van der Waals surface area contributed by atoms with Crippen molar-refractivity contribution in [2.24, 2.45) is 5.10 Å². The highest BCUT2D eigenvalue weighted by molar-refractivity contribution is 7.99. The Morgan fingerprint density at radius 3 is 2.69 bits per heavy atom. The van der Waals surface area contributed by atoms with Crippen LogP contribution in [0.1, 0.15) is 22.5 Å². The number of hydrogen-bond acceptors (Lipinski definition) is 3. The molecule has 3 rings (SSSR count). The van der Waals surface area contributed by atoms with Gasteiger partial charge in [0, 0.05) is 38.4 Å². The summed E-state index contributed by atoms with van der Waals surface area (Å²) in [5, 5.41) is 5.51. The highest BCUT2D eigenvalue weighted by Gasteiger charge is 2.10. The Labute approximate surface area is 184 Å². The number of amides is 1. The number of aryl methyl sites for hydroxylation is 1. The van der Waals surface area contributed by atoms with Crippen molar-refractivity contribution >= 4 is 47.1 Å². The van der Waals surface area contributed by atoms with Crippen molar-refractivity contribution in [3.8, 4) is 5.69 Å². The SMILES string of the molecule is Cc1cc(/C=N\NC(=O)CSCc2ccccc2Cl)c(C)n1-c1cccc(Cl)c1. The number of carbonyl (C=O) groups excluding carboxylic acids is 1. The molecule has 0 atom stereocenters. The molecule has 1 amide bonds. The molecule has 0 aliphatic heterocycles. The molecule has 29 heavy (non-hydrogen) atoms. The molecule has 0 radical (unpaired) electrons. The van der Waals surface area contributed by atoms with Crippen LogP contribution in [0.15, 0.2) is 59.7 Å². The van der Waals surface area contributed by atoms with Crippen molar-refractivity contribution in [1.29, 1.82) is 0 Å². The molecule has 0 unspecified atom stereocenters. The second-order valence-electron chi connectivity index (χ2n) is 6.52. The first-order valence-electron chi connectivity index (χ1n) is 9.03. The van der Waals surface area contributed by atoms with Crippen LogP contribution >= 0.6 is 35.0 Å². The molecule has 150 valence electrons. The van der Waals surface area contributed by atoms with E-state index in [9.17, 15) is 4.79 Å². The molecular weight excluding hydrogens is 425 g/mol. The van der Waals surface area contributed by atoms with Crippen LogP contribution in [0.3, 0.4) is 0 Å². The summed E-state index contributed by atoms with van der Waals surface area (Å²) in [6.45, 7) is 4.03. The zero-order valence-corrected chi connectivity index (χ0v) is 18.5. The maximum absolute atomic E-state index is 12.0. The lowest BCUT2D eigenvalue weighted by Gasteiger charge is -2.09. The highest BCUT2D eigenvalue weighted by atomic mass is 35.5. The molecule has 0 fully saturated rings. The van der Waals surface area contributed by atoms with E-state index in [1.54, 1.807) is 6.21 Å². The van der Waals surface area contributed by atoms with Gasteiger partial charge in [-0.25, -0.2) is 5.43 Å². The fraction of sp³-hybridized carbons (Fsp3) is 0.182. The van der Waals surface area contributed by atoms with Gasteiger partial charge in [-0.1, -0.05) is 47.5 Å². The van der Waals surface area contributed by atoms with Crippen LogP contribution in [0.2, 0.25) is 10.0 Å². The van der Waals surface area contributed by atoms with Crippen molar-refractivity contribution in [2.75, 3.05) is 5.75 Å². The van der Waals surface area contributed by atoms with E-state index in [1.165, 1.54) is 11.8 Å². The Bertz CT molecular complexity index is 1050. The first-order chi connectivity index (χ1) is 14.0. The lowest BCUT2D eigenvalue weighted by atomic mass is 10.2. The third kappa shape index (κ3) is 5.66. The smallest absolute Gasteiger partial charge is 0.250 e. The summed E-state index contributed by atoms with van der Waals surface area (Å²) in [5.41, 5.74) is 7.62. The van der Waals surface area contributed by atoms with Crippen LogP contribution in [0.5, 0.6) is 0 Å². The van der Waals surface area contributed by atoms with E-state index in [0.29, 0.717) is 21.6 Å². The van der Waals surface area contributed by atoms with E-state index >= 15 is 0 Å². The van der Waals surface area contributed by atoms with Crippen LogP contribution in [0.4, 0.5) is 0 Å². The van der Waals surface area contributed by atoms with Gasteiger partial charge in [0.05, 0.1) is 12.0 Å². The second kappa shape index (κ2) is 10.0. The monoisotopic (exact) mass is 445 g/mol. The fourth-order valence-electron chi connectivity index (χ4n) is 3.01. The Kier molecular flexibility index (Phi) is 7.42. The summed E-state index contributed by atoms with van der Waals surface area (Å²) in [4.78, 5) is 12.0. The molecule has 0 saturated carbocycles. The zero-order valence-electron chi connectivity index (χ0n) is 16.2. The number of halogens is 2. The lowest BCUT2D eigenvalue weighted by Crippen LogP contribution is -2.19. The number of rotatable bonds is 7. The normalized spacial score (nSPS) is 11.2. The Morgan fingerprint density at radius 2 is 1.93 bits per heavy atom. The molecule has 0 spiro atoms. The number of benzene rings is 2. The van der Waals surface area contributed by atoms with Gasteiger partial charge in [0.1, 0.15) is 0 Å². The highest BCUT2D eigenvalue weighted by Crippen LogP contribution is 2.22. The number of nitrogens with zero attached hydrogens (tertiary/aromatic N) is 2. The number of thioether (sulfide) groups is 1. The maximum Gasteiger partial charge on any atom is 0.250 e. The number of hydrogen-bond donors (Lipinski definition) is 1. The van der Waals surface area contributed by atoms with E-state index in [-0.39, 0.29) is 5.91 Å². The van der Waals surface area contributed by atoms with E-state index in [2.05, 4.69) is 15.1 Å². The van der Waals surface area contributed by atoms with Gasteiger partial charge in [0.2, 0.25) is 5.91 Å². The van der Waals surface area contributed by atoms with Crippen molar-refractivity contribution in [2.45, 2.75) is 19.6 Å². The van der Waals surface area contributed by atoms with Crippen LogP contribution in [-0.4, -0.2) is 22.4 Å². The zero-order chi connectivity index (χ0) is 20.8. The van der Waals surface area contributed by atoms with Crippen LogP contribution < -0.4 is 5.43 Å². The summed E-state index contributed by atoms with van der Waals surface area (Å²) >= 11 is 13.7. The fourth-order valence-corrected chi connectivity index (χ4v) is 4.30. The van der Waals surface area contributed by atoms with Crippen molar-refractivity contribution in [3.63, 3.8) is 0 Å². The molecule has 3 aromatic rings. The van der Waals surface area contributed by atoms with Gasteiger partial charge < -0.3 is 4.57 Å². The van der Waals surface area contributed by atoms with E-state index in [1.807, 2.05) is 68.4 Å². The standard InChI is InChI=1S/C22H21Cl2N3OS/c1-15-10-18(16(2)27(15)20-8-5-7-19(23)11-20)12-25-26-22(28)14-29-13-17-6-3-4-9-21(17)24/h3-12H,13-14H2,1-2H3,(H,26,28)/b25-12-. The molecule has 0 aliphatic rings. The predicted octanol–water partition coefficient (Wildman–Crippen LogP) is 5.78. The quantitative estimate of drug-likeness (QED) is 0.369. The van der Waals surface area contributed by atoms with E-state index in [4.69, 9.17) is 23.2 Å². The Balaban J connectivity index is 1.57. The summed E-state index contributed by atoms with van der Waals surface area (Å²) in [6.07, 6.45) is 1.67. The summed E-state index contributed by atoms with van der Waals surface area (Å²) in [5.74, 6) is 0.837. The first kappa shape index (κ1) is 21.5. The lowest BCUT2D eigenvalue weighted by molar-refractivity contribution is -0.118. The van der Waals surface area contributed by atoms with Crippen molar-refractivity contribution in [3.05, 3.63) is 87.2 Å². The van der Waals surface area contributed by atoms with Gasteiger partial charge in [0.25, 0.3) is 0 Å². The van der Waals surface area contributed by atoms with Gasteiger partial charge in [-0.05, 0) is 49.7 Å². The minimum atomic E-state index is -0.151. The van der Waals surface area contributed by atoms with Gasteiger partial charge in [-0.2, -0.15) is 5.10 Å². The van der Waals surface area contributed by atoms with Gasteiger partial charge >= 0.3 is 0 Å². The second-order valence-corrected chi connectivity index (χ2v) is 8.35. The Morgan fingerprint density at radius 1 is 1.14 bits per heavy atom. The molecule has 1 heterocycles. The average molecular weight is 446 g/mol. The summed E-state index contributed by atoms with van der Waals surface area (Å²) in [6, 6.07) is 17.4. The number of hydrazone groups is 1. The average Bonchev–Trinajstić information content (AvgIpc) is 2.97. The maximum atomic E-state index is 12.0. The summed E-state index contributed by atoms with van der Waals surface area (Å²) < 4.78 is 2.11. The molecule has 1 aromatic heterocycles. The molecule has 0 aliphatic carbocycles. The Hall–Kier alpha value is -2.21. The number of aromatic nitrogens is 1. The van der Waals surface area contributed by atoms with Gasteiger partial charge in [0.15, 0.2) is 0 Å². The third-order valence-corrected chi connectivity index (χ3v) is 5.96. The van der Waals surface area contributed by atoms with Crippen LogP contribution in [0.25, 0.3) is 5.69 Å². The topological polar surface area (TPSA) is 46.4 Å². The largest absolute Gasteiger partial charge is 0.318 e. The van der Waals surface area contributed by atoms with Crippen LogP contribution in [0, 0.1) is 13.8 Å². The molecule has 7 heteroatoms. The molecule has 4 nitrogen and oxygen atoms in total. The molecular formula is C22H21Cl2N3OS.